The molecule has 1 aliphatic heterocycles. The lowest BCUT2D eigenvalue weighted by Crippen LogP contribution is -2.48. The fourth-order valence-electron chi connectivity index (χ4n) is 5.41. The quantitative estimate of drug-likeness (QED) is 0.358. The molecular formula is C32H38FN3O4S. The summed E-state index contributed by atoms with van der Waals surface area (Å²) in [5.74, 6) is -0.493. The van der Waals surface area contributed by atoms with Crippen LogP contribution in [0.5, 0.6) is 0 Å². The van der Waals surface area contributed by atoms with Crippen LogP contribution in [0.3, 0.4) is 0 Å². The number of halogens is 1. The molecule has 218 valence electrons. The van der Waals surface area contributed by atoms with Gasteiger partial charge in [0.15, 0.2) is 9.84 Å². The maximum absolute atomic E-state index is 14.0. The third-order valence-electron chi connectivity index (χ3n) is 7.69. The van der Waals surface area contributed by atoms with E-state index < -0.39 is 9.84 Å². The van der Waals surface area contributed by atoms with Gasteiger partial charge in [0.1, 0.15) is 5.82 Å². The van der Waals surface area contributed by atoms with Crippen molar-refractivity contribution in [2.24, 2.45) is 0 Å². The van der Waals surface area contributed by atoms with E-state index in [0.29, 0.717) is 18.5 Å². The van der Waals surface area contributed by atoms with E-state index in [1.165, 1.54) is 18.4 Å². The zero-order chi connectivity index (χ0) is 29.4. The number of benzene rings is 3. The van der Waals surface area contributed by atoms with Crippen LogP contribution >= 0.6 is 0 Å². The Kier molecular flexibility index (Phi) is 10.3. The monoisotopic (exact) mass is 579 g/mol. The number of sulfone groups is 1. The molecule has 3 aromatic carbocycles. The molecule has 9 heteroatoms. The summed E-state index contributed by atoms with van der Waals surface area (Å²) in [5, 5.41) is 3.08. The lowest BCUT2D eigenvalue weighted by atomic mass is 9.99. The average Bonchev–Trinajstić information content (AvgIpc) is 2.96. The number of carbonyl (C=O) groups is 2. The number of piperidine rings is 1. The van der Waals surface area contributed by atoms with E-state index in [0.717, 1.165) is 43.6 Å². The first-order valence-electron chi connectivity index (χ1n) is 14.1. The molecule has 0 aromatic heterocycles. The predicted octanol–water partition coefficient (Wildman–Crippen LogP) is 4.65. The van der Waals surface area contributed by atoms with Gasteiger partial charge in [0, 0.05) is 44.0 Å². The molecule has 4 rings (SSSR count). The fourth-order valence-corrected chi connectivity index (χ4v) is 6.04. The highest BCUT2D eigenvalue weighted by atomic mass is 32.2. The van der Waals surface area contributed by atoms with Crippen molar-refractivity contribution in [2.75, 3.05) is 32.4 Å². The maximum atomic E-state index is 14.0. The second-order valence-electron chi connectivity index (χ2n) is 10.6. The van der Waals surface area contributed by atoms with Crippen LogP contribution in [-0.4, -0.2) is 68.5 Å². The highest BCUT2D eigenvalue weighted by molar-refractivity contribution is 7.90. The second-order valence-corrected chi connectivity index (χ2v) is 12.6. The van der Waals surface area contributed by atoms with Crippen LogP contribution in [0.1, 0.15) is 53.7 Å². The first kappa shape index (κ1) is 30.4. The molecule has 0 spiro atoms. The molecule has 1 N–H and O–H groups in total. The number of hydrogen-bond acceptors (Lipinski definition) is 5. The topological polar surface area (TPSA) is 86.8 Å². The van der Waals surface area contributed by atoms with E-state index in [2.05, 4.69) is 10.2 Å². The van der Waals surface area contributed by atoms with Gasteiger partial charge in [-0.05, 0) is 73.7 Å². The number of rotatable bonds is 11. The average molecular weight is 580 g/mol. The molecule has 7 nitrogen and oxygen atoms in total. The Morgan fingerprint density at radius 1 is 1.00 bits per heavy atom. The Morgan fingerprint density at radius 3 is 2.29 bits per heavy atom. The van der Waals surface area contributed by atoms with Crippen LogP contribution in [0, 0.1) is 5.82 Å². The summed E-state index contributed by atoms with van der Waals surface area (Å²) in [7, 11) is -3.28. The third kappa shape index (κ3) is 8.47. The Labute approximate surface area is 242 Å². The molecule has 1 aliphatic rings. The summed E-state index contributed by atoms with van der Waals surface area (Å²) in [5.41, 5.74) is 2.08. The summed E-state index contributed by atoms with van der Waals surface area (Å²) in [6, 6.07) is 21.7. The van der Waals surface area contributed by atoms with Gasteiger partial charge >= 0.3 is 0 Å². The summed E-state index contributed by atoms with van der Waals surface area (Å²) in [6.45, 7) is 4.96. The first-order chi connectivity index (χ1) is 19.6. The molecule has 0 saturated carbocycles. The molecule has 1 atom stereocenters. The van der Waals surface area contributed by atoms with E-state index in [-0.39, 0.29) is 41.0 Å². The predicted molar refractivity (Wildman–Crippen MR) is 158 cm³/mol. The van der Waals surface area contributed by atoms with Gasteiger partial charge in [0.2, 0.25) is 5.91 Å². The highest BCUT2D eigenvalue weighted by Crippen LogP contribution is 2.23. The van der Waals surface area contributed by atoms with Gasteiger partial charge in [-0.15, -0.1) is 0 Å². The fraction of sp³-hybridized carbons (Fsp3) is 0.375. The number of likely N-dealkylation sites (tertiary alicyclic amines) is 1. The normalized spacial score (nSPS) is 15.3. The third-order valence-corrected chi connectivity index (χ3v) is 8.82. The van der Waals surface area contributed by atoms with E-state index in [1.807, 2.05) is 36.1 Å². The Balaban J connectivity index is 1.32. The molecule has 1 heterocycles. The van der Waals surface area contributed by atoms with Crippen molar-refractivity contribution in [3.8, 4) is 0 Å². The molecule has 0 bridgehead atoms. The van der Waals surface area contributed by atoms with Gasteiger partial charge < -0.3 is 15.1 Å². The minimum absolute atomic E-state index is 0.0350. The zero-order valence-electron chi connectivity index (χ0n) is 23.6. The summed E-state index contributed by atoms with van der Waals surface area (Å²) < 4.78 is 37.5. The van der Waals surface area contributed by atoms with Crippen molar-refractivity contribution in [2.45, 2.75) is 49.6 Å². The van der Waals surface area contributed by atoms with Crippen LogP contribution in [-0.2, 0) is 21.1 Å². The number of hydrogen-bond donors (Lipinski definition) is 1. The molecular weight excluding hydrogens is 541 g/mol. The number of nitrogens with zero attached hydrogens (tertiary/aromatic N) is 2. The van der Waals surface area contributed by atoms with E-state index in [9.17, 15) is 22.4 Å². The number of amides is 2. The largest absolute Gasteiger partial charge is 0.345 e. The molecule has 41 heavy (non-hydrogen) atoms. The van der Waals surface area contributed by atoms with Crippen molar-refractivity contribution in [3.63, 3.8) is 0 Å². The van der Waals surface area contributed by atoms with Gasteiger partial charge in [0.05, 0.1) is 17.4 Å². The summed E-state index contributed by atoms with van der Waals surface area (Å²) in [6.07, 6.45) is 3.71. The zero-order valence-corrected chi connectivity index (χ0v) is 24.4. The Hall–Kier alpha value is -3.56. The van der Waals surface area contributed by atoms with Crippen molar-refractivity contribution in [1.29, 1.82) is 0 Å². The number of carbonyl (C=O) groups excluding carboxylic acids is 2. The molecule has 3 aromatic rings. The standard InChI is InChI=1S/C32H38FN3O4S/c1-3-36(31(37)22-24-12-14-29(15-13-24)41(2,39)40)28-16-19-35(20-17-28)21-18-30(26-10-7-11-27(33)23-26)34-32(38)25-8-5-4-6-9-25/h4-15,23,28,30H,3,16-22H2,1-2H3,(H,34,38). The minimum atomic E-state index is -3.28. The van der Waals surface area contributed by atoms with E-state index >= 15 is 0 Å². The maximum Gasteiger partial charge on any atom is 0.251 e. The van der Waals surface area contributed by atoms with Crippen LogP contribution in [0.15, 0.2) is 83.8 Å². The molecule has 0 aliphatic carbocycles. The van der Waals surface area contributed by atoms with Crippen molar-refractivity contribution >= 4 is 21.7 Å². The van der Waals surface area contributed by atoms with Crippen LogP contribution in [0.4, 0.5) is 4.39 Å². The van der Waals surface area contributed by atoms with Gasteiger partial charge in [-0.1, -0.05) is 42.5 Å². The molecule has 0 radical (unpaired) electrons. The van der Waals surface area contributed by atoms with Crippen LogP contribution < -0.4 is 5.32 Å². The minimum Gasteiger partial charge on any atom is -0.345 e. The molecule has 1 fully saturated rings. The molecule has 2 amide bonds. The van der Waals surface area contributed by atoms with E-state index in [4.69, 9.17) is 0 Å². The lowest BCUT2D eigenvalue weighted by molar-refractivity contribution is -0.133. The summed E-state index contributed by atoms with van der Waals surface area (Å²) >= 11 is 0. The Morgan fingerprint density at radius 2 is 1.68 bits per heavy atom. The van der Waals surface area contributed by atoms with Gasteiger partial charge in [-0.2, -0.15) is 0 Å². The van der Waals surface area contributed by atoms with Crippen LogP contribution in [0.25, 0.3) is 0 Å². The summed E-state index contributed by atoms with van der Waals surface area (Å²) in [4.78, 5) is 30.5. The first-order valence-corrected chi connectivity index (χ1v) is 16.0. The van der Waals surface area contributed by atoms with E-state index in [1.54, 1.807) is 42.5 Å². The molecule has 1 saturated heterocycles. The van der Waals surface area contributed by atoms with Gasteiger partial charge in [-0.3, -0.25) is 9.59 Å². The SMILES string of the molecule is CCN(C(=O)Cc1ccc(S(C)(=O)=O)cc1)C1CCN(CCC(NC(=O)c2ccccc2)c2cccc(F)c2)CC1. The number of likely N-dealkylation sites (N-methyl/N-ethyl adjacent to an activating group) is 1. The number of nitrogens with one attached hydrogen (secondary N) is 1. The van der Waals surface area contributed by atoms with Crippen molar-refractivity contribution < 1.29 is 22.4 Å². The molecule has 1 unspecified atom stereocenters. The van der Waals surface area contributed by atoms with Crippen LogP contribution in [0.2, 0.25) is 0 Å². The Bertz CT molecular complexity index is 1420. The second kappa shape index (κ2) is 13.9. The van der Waals surface area contributed by atoms with Crippen molar-refractivity contribution in [3.05, 3.63) is 101 Å². The van der Waals surface area contributed by atoms with Gasteiger partial charge in [-0.25, -0.2) is 12.8 Å². The van der Waals surface area contributed by atoms with Gasteiger partial charge in [0.25, 0.3) is 5.91 Å². The smallest absolute Gasteiger partial charge is 0.251 e. The van der Waals surface area contributed by atoms with Crippen molar-refractivity contribution in [1.82, 2.24) is 15.1 Å². The highest BCUT2D eigenvalue weighted by Gasteiger charge is 2.28. The lowest BCUT2D eigenvalue weighted by Gasteiger charge is -2.38.